The van der Waals surface area contributed by atoms with Gasteiger partial charge in [0.05, 0.1) is 11.6 Å². The summed E-state index contributed by atoms with van der Waals surface area (Å²) in [6.07, 6.45) is 5.97. The fraction of sp³-hybridized carbons (Fsp3) is 0.571. The van der Waals surface area contributed by atoms with Crippen molar-refractivity contribution in [3.8, 4) is 0 Å². The molecule has 0 saturated carbocycles. The van der Waals surface area contributed by atoms with Gasteiger partial charge in [-0.05, 0) is 12.8 Å². The molecular formula is C14H20N6O. The highest BCUT2D eigenvalue weighted by atomic mass is 16.1. The molecule has 1 saturated heterocycles. The zero-order valence-corrected chi connectivity index (χ0v) is 12.4. The van der Waals surface area contributed by atoms with Crippen LogP contribution in [0.3, 0.4) is 0 Å². The van der Waals surface area contributed by atoms with Crippen LogP contribution >= 0.6 is 0 Å². The minimum Gasteiger partial charge on any atom is -0.354 e. The van der Waals surface area contributed by atoms with Crippen molar-refractivity contribution < 1.29 is 4.79 Å². The van der Waals surface area contributed by atoms with Gasteiger partial charge in [-0.1, -0.05) is 6.92 Å². The van der Waals surface area contributed by atoms with E-state index >= 15 is 0 Å². The molecule has 7 heteroatoms. The molecule has 2 aromatic heterocycles. The van der Waals surface area contributed by atoms with Gasteiger partial charge in [0.1, 0.15) is 12.1 Å². The van der Waals surface area contributed by atoms with E-state index in [0.717, 1.165) is 42.8 Å². The average molecular weight is 288 g/mol. The number of aromatic nitrogens is 4. The molecule has 1 aliphatic rings. The van der Waals surface area contributed by atoms with E-state index in [1.807, 2.05) is 14.0 Å². The molecule has 0 aromatic carbocycles. The number of fused-ring (bicyclic) bond motifs is 1. The van der Waals surface area contributed by atoms with Gasteiger partial charge in [-0.2, -0.15) is 5.10 Å². The van der Waals surface area contributed by atoms with Gasteiger partial charge in [0, 0.05) is 32.6 Å². The fourth-order valence-corrected chi connectivity index (χ4v) is 2.82. The number of hydrogen-bond donors (Lipinski definition) is 1. The summed E-state index contributed by atoms with van der Waals surface area (Å²) in [6, 6.07) is 0.188. The predicted octanol–water partition coefficient (Wildman–Crippen LogP) is 0.858. The fourth-order valence-electron chi connectivity index (χ4n) is 2.82. The zero-order valence-electron chi connectivity index (χ0n) is 12.4. The first kappa shape index (κ1) is 13.8. The summed E-state index contributed by atoms with van der Waals surface area (Å²) in [5, 5.41) is 8.29. The quantitative estimate of drug-likeness (QED) is 0.906. The number of anilines is 1. The van der Waals surface area contributed by atoms with Crippen molar-refractivity contribution in [3.63, 3.8) is 0 Å². The Morgan fingerprint density at radius 3 is 3.14 bits per heavy atom. The number of nitrogens with one attached hydrogen (secondary N) is 1. The normalized spacial score (nSPS) is 19.0. The van der Waals surface area contributed by atoms with Crippen molar-refractivity contribution >= 4 is 22.8 Å². The molecule has 1 fully saturated rings. The number of piperidine rings is 1. The largest absolute Gasteiger partial charge is 0.354 e. The molecule has 1 unspecified atom stereocenters. The maximum Gasteiger partial charge on any atom is 0.219 e. The second-order valence-corrected chi connectivity index (χ2v) is 5.41. The number of carbonyl (C=O) groups is 1. The lowest BCUT2D eigenvalue weighted by molar-refractivity contribution is -0.121. The van der Waals surface area contributed by atoms with Gasteiger partial charge in [0.2, 0.25) is 5.91 Å². The first-order valence-corrected chi connectivity index (χ1v) is 7.36. The lowest BCUT2D eigenvalue weighted by Gasteiger charge is -2.34. The van der Waals surface area contributed by atoms with Crippen molar-refractivity contribution in [2.45, 2.75) is 32.2 Å². The van der Waals surface area contributed by atoms with E-state index in [2.05, 4.69) is 25.3 Å². The molecule has 1 amide bonds. The van der Waals surface area contributed by atoms with Gasteiger partial charge in [-0.3, -0.25) is 9.48 Å². The van der Waals surface area contributed by atoms with Crippen molar-refractivity contribution in [1.82, 2.24) is 25.1 Å². The van der Waals surface area contributed by atoms with Crippen molar-refractivity contribution in [1.29, 1.82) is 0 Å². The van der Waals surface area contributed by atoms with Crippen molar-refractivity contribution in [2.75, 3.05) is 18.0 Å². The number of carbonyl (C=O) groups excluding carboxylic acids is 1. The maximum absolute atomic E-state index is 11.6. The topological polar surface area (TPSA) is 75.9 Å². The Balaban J connectivity index is 1.83. The lowest BCUT2D eigenvalue weighted by atomic mass is 10.1. The third kappa shape index (κ3) is 2.68. The number of rotatable bonds is 3. The van der Waals surface area contributed by atoms with Crippen LogP contribution in [0.1, 0.15) is 26.2 Å². The summed E-state index contributed by atoms with van der Waals surface area (Å²) < 4.78 is 1.75. The molecule has 7 nitrogen and oxygen atoms in total. The Labute approximate surface area is 123 Å². The van der Waals surface area contributed by atoms with Gasteiger partial charge >= 0.3 is 0 Å². The van der Waals surface area contributed by atoms with Crippen LogP contribution in [0.15, 0.2) is 12.5 Å². The standard InChI is InChI=1S/C14H20N6O/c1-3-12(21)18-10-5-4-6-20(8-10)14-11-7-17-19(2)13(11)15-9-16-14/h7,9-10H,3-6,8H2,1-2H3,(H,18,21). The summed E-state index contributed by atoms with van der Waals surface area (Å²) in [6.45, 7) is 3.60. The summed E-state index contributed by atoms with van der Waals surface area (Å²) in [7, 11) is 1.87. The molecule has 1 aliphatic heterocycles. The highest BCUT2D eigenvalue weighted by Crippen LogP contribution is 2.25. The summed E-state index contributed by atoms with van der Waals surface area (Å²) >= 11 is 0. The second kappa shape index (κ2) is 5.67. The average Bonchev–Trinajstić information content (AvgIpc) is 2.89. The Kier molecular flexibility index (Phi) is 3.72. The molecule has 112 valence electrons. The molecule has 0 bridgehead atoms. The molecule has 1 N–H and O–H groups in total. The highest BCUT2D eigenvalue weighted by molar-refractivity contribution is 5.86. The molecule has 2 aromatic rings. The Bertz CT molecular complexity index is 652. The van der Waals surface area contributed by atoms with Crippen LogP contribution in [-0.2, 0) is 11.8 Å². The monoisotopic (exact) mass is 288 g/mol. The van der Waals surface area contributed by atoms with E-state index in [0.29, 0.717) is 6.42 Å². The molecule has 1 atom stereocenters. The van der Waals surface area contributed by atoms with Crippen LogP contribution in [0, 0.1) is 0 Å². The highest BCUT2D eigenvalue weighted by Gasteiger charge is 2.23. The van der Waals surface area contributed by atoms with E-state index in [-0.39, 0.29) is 11.9 Å². The zero-order chi connectivity index (χ0) is 14.8. The minimum atomic E-state index is 0.107. The minimum absolute atomic E-state index is 0.107. The molecule has 3 heterocycles. The molecular weight excluding hydrogens is 268 g/mol. The van der Waals surface area contributed by atoms with E-state index in [9.17, 15) is 4.79 Å². The smallest absolute Gasteiger partial charge is 0.219 e. The SMILES string of the molecule is CCC(=O)NC1CCCN(c2ncnc3c2cnn3C)C1. The predicted molar refractivity (Wildman–Crippen MR) is 80.0 cm³/mol. The third-order valence-corrected chi connectivity index (χ3v) is 3.92. The first-order valence-electron chi connectivity index (χ1n) is 7.36. The molecule has 0 aliphatic carbocycles. The van der Waals surface area contributed by atoms with Gasteiger partial charge in [0.25, 0.3) is 0 Å². The van der Waals surface area contributed by atoms with Gasteiger partial charge < -0.3 is 10.2 Å². The van der Waals surface area contributed by atoms with Gasteiger partial charge in [0.15, 0.2) is 5.65 Å². The number of hydrogen-bond acceptors (Lipinski definition) is 5. The molecule has 3 rings (SSSR count). The van der Waals surface area contributed by atoms with Crippen LogP contribution in [-0.4, -0.2) is 44.8 Å². The number of nitrogens with zero attached hydrogens (tertiary/aromatic N) is 5. The van der Waals surface area contributed by atoms with Gasteiger partial charge in [-0.15, -0.1) is 0 Å². The number of aryl methyl sites for hydroxylation is 1. The second-order valence-electron chi connectivity index (χ2n) is 5.41. The van der Waals surface area contributed by atoms with E-state index in [4.69, 9.17) is 0 Å². The Morgan fingerprint density at radius 2 is 2.33 bits per heavy atom. The number of amides is 1. The molecule has 0 spiro atoms. The third-order valence-electron chi connectivity index (χ3n) is 3.92. The van der Waals surface area contributed by atoms with E-state index < -0.39 is 0 Å². The van der Waals surface area contributed by atoms with Crippen LogP contribution in [0.5, 0.6) is 0 Å². The first-order chi connectivity index (χ1) is 10.2. The summed E-state index contributed by atoms with van der Waals surface area (Å²) in [5.41, 5.74) is 0.833. The van der Waals surface area contributed by atoms with Crippen LogP contribution < -0.4 is 10.2 Å². The van der Waals surface area contributed by atoms with Crippen molar-refractivity contribution in [2.24, 2.45) is 7.05 Å². The summed E-state index contributed by atoms with van der Waals surface area (Å²) in [5.74, 6) is 1.01. The van der Waals surface area contributed by atoms with Gasteiger partial charge in [-0.25, -0.2) is 9.97 Å². The molecule has 0 radical (unpaired) electrons. The van der Waals surface area contributed by atoms with E-state index in [1.165, 1.54) is 0 Å². The summed E-state index contributed by atoms with van der Waals surface area (Å²) in [4.78, 5) is 22.5. The van der Waals surface area contributed by atoms with Crippen LogP contribution in [0.25, 0.3) is 11.0 Å². The lowest BCUT2D eigenvalue weighted by Crippen LogP contribution is -2.48. The maximum atomic E-state index is 11.6. The van der Waals surface area contributed by atoms with E-state index in [1.54, 1.807) is 17.2 Å². The Morgan fingerprint density at radius 1 is 1.48 bits per heavy atom. The molecule has 21 heavy (non-hydrogen) atoms. The van der Waals surface area contributed by atoms with Crippen molar-refractivity contribution in [3.05, 3.63) is 12.5 Å². The van der Waals surface area contributed by atoms with Crippen LogP contribution in [0.2, 0.25) is 0 Å². The van der Waals surface area contributed by atoms with Crippen LogP contribution in [0.4, 0.5) is 5.82 Å². The Hall–Kier alpha value is -2.18.